The Morgan fingerprint density at radius 2 is 1.79 bits per heavy atom. The average molecular weight is 380 g/mol. The van der Waals surface area contributed by atoms with E-state index in [-0.39, 0.29) is 5.91 Å². The van der Waals surface area contributed by atoms with Gasteiger partial charge in [-0.3, -0.25) is 10.1 Å². The van der Waals surface area contributed by atoms with Gasteiger partial charge in [-0.1, -0.05) is 38.1 Å². The Bertz CT molecular complexity index is 931. The van der Waals surface area contributed by atoms with E-state index in [2.05, 4.69) is 33.6 Å². The predicted octanol–water partition coefficient (Wildman–Crippen LogP) is 4.03. The second kappa shape index (κ2) is 9.37. The van der Waals surface area contributed by atoms with E-state index in [4.69, 9.17) is 4.74 Å². The van der Waals surface area contributed by atoms with Crippen LogP contribution in [-0.2, 0) is 6.54 Å². The predicted molar refractivity (Wildman–Crippen MR) is 113 cm³/mol. The molecule has 1 aromatic heterocycles. The molecule has 0 saturated carbocycles. The molecule has 1 N–H and O–H groups in total. The lowest BCUT2D eigenvalue weighted by Gasteiger charge is -2.19. The molecule has 0 radical (unpaired) electrons. The third-order valence-corrected chi connectivity index (χ3v) is 4.85. The zero-order chi connectivity index (χ0) is 19.9. The minimum Gasteiger partial charge on any atom is -0.493 e. The Morgan fingerprint density at radius 1 is 1.07 bits per heavy atom. The van der Waals surface area contributed by atoms with Gasteiger partial charge < -0.3 is 14.2 Å². The molecule has 0 aliphatic rings. The number of nitrogens with one attached hydrogen (secondary N) is 1. The number of rotatable bonds is 9. The van der Waals surface area contributed by atoms with Crippen LogP contribution in [0.5, 0.6) is 5.75 Å². The highest BCUT2D eigenvalue weighted by Crippen LogP contribution is 2.23. The number of carbonyl (C=O) groups is 1. The van der Waals surface area contributed by atoms with Crippen LogP contribution in [0, 0.1) is 0 Å². The second-order valence-electron chi connectivity index (χ2n) is 6.49. The van der Waals surface area contributed by atoms with Crippen molar-refractivity contribution in [3.63, 3.8) is 0 Å². The Hall–Kier alpha value is -2.86. The van der Waals surface area contributed by atoms with E-state index in [1.54, 1.807) is 6.07 Å². The maximum atomic E-state index is 12.9. The number of likely N-dealkylation sites (N-methyl/N-ethyl adjacent to an activating group) is 1. The summed E-state index contributed by atoms with van der Waals surface area (Å²) in [5.41, 5.74) is 2.39. The summed E-state index contributed by atoms with van der Waals surface area (Å²) in [5.74, 6) is 0.918. The van der Waals surface area contributed by atoms with Gasteiger partial charge in [0.2, 0.25) is 5.95 Å². The van der Waals surface area contributed by atoms with Crippen LogP contribution in [0.1, 0.15) is 31.1 Å². The van der Waals surface area contributed by atoms with Crippen molar-refractivity contribution < 1.29 is 9.53 Å². The number of benzene rings is 2. The molecular formula is C22H28N4O2. The van der Waals surface area contributed by atoms with E-state index in [0.717, 1.165) is 37.2 Å². The van der Waals surface area contributed by atoms with Gasteiger partial charge in [-0.25, -0.2) is 4.98 Å². The first-order valence-electron chi connectivity index (χ1n) is 9.88. The fourth-order valence-electron chi connectivity index (χ4n) is 3.28. The summed E-state index contributed by atoms with van der Waals surface area (Å²) in [6.45, 7) is 10.4. The first-order valence-corrected chi connectivity index (χ1v) is 9.88. The van der Waals surface area contributed by atoms with E-state index in [1.807, 2.05) is 49.4 Å². The number of hydrogen-bond acceptors (Lipinski definition) is 4. The van der Waals surface area contributed by atoms with Crippen molar-refractivity contribution in [2.24, 2.45) is 0 Å². The molecule has 2 aromatic carbocycles. The number of ether oxygens (including phenoxy) is 1. The van der Waals surface area contributed by atoms with Crippen molar-refractivity contribution in [2.75, 3.05) is 31.6 Å². The Balaban J connectivity index is 1.90. The maximum absolute atomic E-state index is 12.9. The lowest BCUT2D eigenvalue weighted by Crippen LogP contribution is -2.27. The van der Waals surface area contributed by atoms with Gasteiger partial charge in [0, 0.05) is 13.1 Å². The second-order valence-corrected chi connectivity index (χ2v) is 6.49. The molecule has 0 bridgehead atoms. The molecule has 6 heteroatoms. The van der Waals surface area contributed by atoms with Crippen LogP contribution in [0.15, 0.2) is 48.5 Å². The van der Waals surface area contributed by atoms with Crippen LogP contribution >= 0.6 is 0 Å². The smallest absolute Gasteiger partial charge is 0.261 e. The quantitative estimate of drug-likeness (QED) is 0.609. The Labute approximate surface area is 166 Å². The monoisotopic (exact) mass is 380 g/mol. The van der Waals surface area contributed by atoms with Crippen molar-refractivity contribution in [3.05, 3.63) is 54.1 Å². The zero-order valence-corrected chi connectivity index (χ0v) is 16.8. The fraction of sp³-hybridized carbons (Fsp3) is 0.364. The highest BCUT2D eigenvalue weighted by Gasteiger charge is 2.17. The van der Waals surface area contributed by atoms with Crippen molar-refractivity contribution >= 4 is 22.9 Å². The summed E-state index contributed by atoms with van der Waals surface area (Å²) in [7, 11) is 0. The molecule has 3 rings (SSSR count). The first kappa shape index (κ1) is 19.9. The SMILES string of the molecule is CCOc1ccccc1C(=O)Nc1nc2ccccc2n1CCN(CC)CC. The van der Waals surface area contributed by atoms with Crippen molar-refractivity contribution in [1.82, 2.24) is 14.5 Å². The summed E-state index contributed by atoms with van der Waals surface area (Å²) in [4.78, 5) is 19.9. The molecule has 0 saturated heterocycles. The number of para-hydroxylation sites is 3. The van der Waals surface area contributed by atoms with E-state index in [9.17, 15) is 4.79 Å². The van der Waals surface area contributed by atoms with Gasteiger partial charge in [0.15, 0.2) is 0 Å². The highest BCUT2D eigenvalue weighted by molar-refractivity contribution is 6.06. The molecule has 6 nitrogen and oxygen atoms in total. The van der Waals surface area contributed by atoms with Crippen molar-refractivity contribution in [3.8, 4) is 5.75 Å². The van der Waals surface area contributed by atoms with Gasteiger partial charge >= 0.3 is 0 Å². The number of carbonyl (C=O) groups excluding carboxylic acids is 1. The molecule has 148 valence electrons. The molecule has 1 amide bonds. The van der Waals surface area contributed by atoms with Gasteiger partial charge in [0.1, 0.15) is 5.75 Å². The summed E-state index contributed by atoms with van der Waals surface area (Å²) in [6, 6.07) is 15.2. The number of imidazole rings is 1. The van der Waals surface area contributed by atoms with Gasteiger partial charge in [0.25, 0.3) is 5.91 Å². The van der Waals surface area contributed by atoms with Crippen LogP contribution in [0.4, 0.5) is 5.95 Å². The largest absolute Gasteiger partial charge is 0.493 e. The van der Waals surface area contributed by atoms with E-state index in [1.165, 1.54) is 0 Å². The van der Waals surface area contributed by atoms with E-state index >= 15 is 0 Å². The normalized spacial score (nSPS) is 11.1. The van der Waals surface area contributed by atoms with Crippen LogP contribution in [0.2, 0.25) is 0 Å². The van der Waals surface area contributed by atoms with Crippen LogP contribution in [-0.4, -0.2) is 46.6 Å². The number of aromatic nitrogens is 2. The molecular weight excluding hydrogens is 352 g/mol. The van der Waals surface area contributed by atoms with Crippen molar-refractivity contribution in [1.29, 1.82) is 0 Å². The number of fused-ring (bicyclic) bond motifs is 1. The van der Waals surface area contributed by atoms with E-state index < -0.39 is 0 Å². The summed E-state index contributed by atoms with van der Waals surface area (Å²) >= 11 is 0. The lowest BCUT2D eigenvalue weighted by atomic mass is 10.2. The van der Waals surface area contributed by atoms with Crippen LogP contribution < -0.4 is 10.1 Å². The standard InChI is InChI=1S/C22H28N4O2/c1-4-25(5-2)15-16-26-19-13-9-8-12-18(19)23-22(26)24-21(27)17-11-7-10-14-20(17)28-6-3/h7-14H,4-6,15-16H2,1-3H3,(H,23,24,27). The molecule has 3 aromatic rings. The summed E-state index contributed by atoms with van der Waals surface area (Å²) < 4.78 is 7.68. The average Bonchev–Trinajstić information content (AvgIpc) is 3.06. The van der Waals surface area contributed by atoms with Gasteiger partial charge in [-0.05, 0) is 44.3 Å². The van der Waals surface area contributed by atoms with Crippen LogP contribution in [0.25, 0.3) is 11.0 Å². The molecule has 0 unspecified atom stereocenters. The molecule has 0 aliphatic carbocycles. The van der Waals surface area contributed by atoms with Gasteiger partial charge in [-0.2, -0.15) is 0 Å². The van der Waals surface area contributed by atoms with E-state index in [0.29, 0.717) is 23.9 Å². The number of nitrogens with zero attached hydrogens (tertiary/aromatic N) is 3. The third kappa shape index (κ3) is 4.34. The molecule has 0 spiro atoms. The summed E-state index contributed by atoms with van der Waals surface area (Å²) in [6.07, 6.45) is 0. The molecule has 28 heavy (non-hydrogen) atoms. The molecule has 0 fully saturated rings. The third-order valence-electron chi connectivity index (χ3n) is 4.85. The van der Waals surface area contributed by atoms with Crippen molar-refractivity contribution in [2.45, 2.75) is 27.3 Å². The fourth-order valence-corrected chi connectivity index (χ4v) is 3.28. The number of amides is 1. The minimum absolute atomic E-state index is 0.219. The Morgan fingerprint density at radius 3 is 2.54 bits per heavy atom. The van der Waals surface area contributed by atoms with Crippen LogP contribution in [0.3, 0.4) is 0 Å². The maximum Gasteiger partial charge on any atom is 0.261 e. The topological polar surface area (TPSA) is 59.4 Å². The number of anilines is 1. The molecule has 0 atom stereocenters. The number of hydrogen-bond donors (Lipinski definition) is 1. The zero-order valence-electron chi connectivity index (χ0n) is 16.8. The van der Waals surface area contributed by atoms with Gasteiger partial charge in [0.05, 0.1) is 23.2 Å². The molecule has 0 aliphatic heterocycles. The van der Waals surface area contributed by atoms with Gasteiger partial charge in [-0.15, -0.1) is 0 Å². The highest BCUT2D eigenvalue weighted by atomic mass is 16.5. The Kier molecular flexibility index (Phi) is 6.66. The molecule has 1 heterocycles. The summed E-state index contributed by atoms with van der Waals surface area (Å²) in [5, 5.41) is 2.99. The lowest BCUT2D eigenvalue weighted by molar-refractivity contribution is 0.102. The first-order chi connectivity index (χ1) is 13.7. The minimum atomic E-state index is -0.219.